The highest BCUT2D eigenvalue weighted by Gasteiger charge is 2.21. The highest BCUT2D eigenvalue weighted by Crippen LogP contribution is 2.18. The summed E-state index contributed by atoms with van der Waals surface area (Å²) in [4.78, 5) is 15.2. The summed E-state index contributed by atoms with van der Waals surface area (Å²) < 4.78 is 0. The normalized spacial score (nSPS) is 11.7. The molecule has 0 bridgehead atoms. The van der Waals surface area contributed by atoms with Gasteiger partial charge in [0.05, 0.1) is 12.1 Å². The molecule has 0 aliphatic carbocycles. The third-order valence-electron chi connectivity index (χ3n) is 2.69. The molecule has 3 N–H and O–H groups in total. The zero-order chi connectivity index (χ0) is 12.5. The van der Waals surface area contributed by atoms with E-state index in [9.17, 15) is 4.79 Å². The minimum atomic E-state index is -0.616. The molecule has 2 aromatic rings. The highest BCUT2D eigenvalue weighted by molar-refractivity contribution is 6.06. The number of carbonyl (C=O) groups excluding carboxylic acids is 1. The Morgan fingerprint density at radius 3 is 2.88 bits per heavy atom. The van der Waals surface area contributed by atoms with Crippen molar-refractivity contribution in [3.05, 3.63) is 36.0 Å². The number of hydrogen-bond acceptors (Lipinski definition) is 2. The maximum Gasteiger partial charge on any atom is 0.252 e. The van der Waals surface area contributed by atoms with E-state index < -0.39 is 5.54 Å². The first kappa shape index (κ1) is 11.7. The van der Waals surface area contributed by atoms with E-state index >= 15 is 0 Å². The van der Waals surface area contributed by atoms with Gasteiger partial charge in [-0.1, -0.05) is 6.07 Å². The molecule has 1 aromatic carbocycles. The van der Waals surface area contributed by atoms with E-state index in [0.29, 0.717) is 5.56 Å². The molecule has 0 fully saturated rings. The van der Waals surface area contributed by atoms with Crippen molar-refractivity contribution >= 4 is 16.8 Å². The first-order chi connectivity index (χ1) is 8.03. The van der Waals surface area contributed by atoms with Crippen LogP contribution in [0.5, 0.6) is 0 Å². The van der Waals surface area contributed by atoms with Gasteiger partial charge in [0.15, 0.2) is 0 Å². The van der Waals surface area contributed by atoms with Gasteiger partial charge in [-0.15, -0.1) is 0 Å². The summed E-state index contributed by atoms with van der Waals surface area (Å²) in [6.45, 7) is 3.46. The Morgan fingerprint density at radius 2 is 2.18 bits per heavy atom. The van der Waals surface area contributed by atoms with Crippen LogP contribution in [-0.4, -0.2) is 28.1 Å². The first-order valence-corrected chi connectivity index (χ1v) is 5.53. The second kappa shape index (κ2) is 4.22. The molecule has 0 atom stereocenters. The fraction of sp³-hybridized carbons (Fsp3) is 0.308. The van der Waals surface area contributed by atoms with Gasteiger partial charge in [0, 0.05) is 22.7 Å². The second-order valence-corrected chi connectivity index (χ2v) is 4.74. The van der Waals surface area contributed by atoms with Gasteiger partial charge in [0.1, 0.15) is 0 Å². The van der Waals surface area contributed by atoms with Crippen molar-refractivity contribution in [2.75, 3.05) is 6.61 Å². The molecule has 0 aliphatic rings. The van der Waals surface area contributed by atoms with Crippen LogP contribution in [0.3, 0.4) is 0 Å². The molecule has 0 spiro atoms. The molecule has 0 radical (unpaired) electrons. The van der Waals surface area contributed by atoms with Gasteiger partial charge in [-0.05, 0) is 32.0 Å². The van der Waals surface area contributed by atoms with Crippen LogP contribution in [0.25, 0.3) is 10.9 Å². The van der Waals surface area contributed by atoms with Gasteiger partial charge in [0.25, 0.3) is 5.91 Å². The molecular formula is C13H16N2O2. The van der Waals surface area contributed by atoms with Crippen molar-refractivity contribution in [3.63, 3.8) is 0 Å². The summed E-state index contributed by atoms with van der Waals surface area (Å²) in [7, 11) is 0. The number of aliphatic hydroxyl groups is 1. The van der Waals surface area contributed by atoms with E-state index in [-0.39, 0.29) is 12.5 Å². The Bertz CT molecular complexity index is 543. The van der Waals surface area contributed by atoms with Crippen molar-refractivity contribution in [1.82, 2.24) is 10.3 Å². The number of fused-ring (bicyclic) bond motifs is 1. The third-order valence-corrected chi connectivity index (χ3v) is 2.69. The lowest BCUT2D eigenvalue weighted by Gasteiger charge is -2.23. The van der Waals surface area contributed by atoms with Crippen LogP contribution in [0, 0.1) is 0 Å². The Balaban J connectivity index is 2.34. The van der Waals surface area contributed by atoms with Crippen molar-refractivity contribution in [2.24, 2.45) is 0 Å². The minimum absolute atomic E-state index is 0.0954. The van der Waals surface area contributed by atoms with Crippen LogP contribution < -0.4 is 5.32 Å². The van der Waals surface area contributed by atoms with E-state index in [2.05, 4.69) is 10.3 Å². The summed E-state index contributed by atoms with van der Waals surface area (Å²) in [5, 5.41) is 12.8. The van der Waals surface area contributed by atoms with Crippen LogP contribution in [0.4, 0.5) is 0 Å². The lowest BCUT2D eigenvalue weighted by molar-refractivity contribution is 0.0871. The average Bonchev–Trinajstić information content (AvgIpc) is 2.76. The minimum Gasteiger partial charge on any atom is -0.394 e. The molecule has 17 heavy (non-hydrogen) atoms. The van der Waals surface area contributed by atoms with Gasteiger partial charge in [-0.3, -0.25) is 4.79 Å². The predicted octanol–water partition coefficient (Wildman–Crippen LogP) is 1.67. The average molecular weight is 232 g/mol. The molecule has 1 amide bonds. The monoisotopic (exact) mass is 232 g/mol. The summed E-state index contributed by atoms with van der Waals surface area (Å²) in [6, 6.07) is 7.40. The molecular weight excluding hydrogens is 216 g/mol. The molecule has 2 rings (SSSR count). The summed E-state index contributed by atoms with van der Waals surface area (Å²) >= 11 is 0. The lowest BCUT2D eigenvalue weighted by Crippen LogP contribution is -2.46. The number of benzene rings is 1. The van der Waals surface area contributed by atoms with E-state index in [0.717, 1.165) is 10.9 Å². The molecule has 1 heterocycles. The Hall–Kier alpha value is -1.81. The fourth-order valence-corrected chi connectivity index (χ4v) is 1.70. The van der Waals surface area contributed by atoms with Gasteiger partial charge in [-0.25, -0.2) is 0 Å². The van der Waals surface area contributed by atoms with E-state index in [1.807, 2.05) is 18.2 Å². The van der Waals surface area contributed by atoms with Crippen LogP contribution in [0.15, 0.2) is 30.5 Å². The first-order valence-electron chi connectivity index (χ1n) is 5.53. The van der Waals surface area contributed by atoms with Crippen LogP contribution in [-0.2, 0) is 0 Å². The summed E-state index contributed by atoms with van der Waals surface area (Å²) in [6.07, 6.45) is 1.80. The zero-order valence-electron chi connectivity index (χ0n) is 9.95. The molecule has 0 aliphatic heterocycles. The number of hydrogen-bond donors (Lipinski definition) is 3. The van der Waals surface area contributed by atoms with Crippen molar-refractivity contribution < 1.29 is 9.90 Å². The standard InChI is InChI=1S/C13H16N2O2/c1-13(2,8-16)15-12(17)10-4-3-5-11-9(10)6-7-14-11/h3-7,14,16H,8H2,1-2H3,(H,15,17). The Labute approximate surface area is 99.7 Å². The van der Waals surface area contributed by atoms with E-state index in [4.69, 9.17) is 5.11 Å². The quantitative estimate of drug-likeness (QED) is 0.753. The summed E-state index contributed by atoms with van der Waals surface area (Å²) in [5.41, 5.74) is 0.931. The van der Waals surface area contributed by atoms with Gasteiger partial charge in [-0.2, -0.15) is 0 Å². The largest absolute Gasteiger partial charge is 0.394 e. The number of carbonyl (C=O) groups is 1. The van der Waals surface area contributed by atoms with Gasteiger partial charge >= 0.3 is 0 Å². The van der Waals surface area contributed by atoms with Crippen LogP contribution in [0.2, 0.25) is 0 Å². The third kappa shape index (κ3) is 2.31. The molecule has 0 saturated heterocycles. The molecule has 4 nitrogen and oxygen atoms in total. The number of aromatic amines is 1. The van der Waals surface area contributed by atoms with Crippen molar-refractivity contribution in [2.45, 2.75) is 19.4 Å². The number of nitrogens with one attached hydrogen (secondary N) is 2. The number of aliphatic hydroxyl groups excluding tert-OH is 1. The molecule has 0 saturated carbocycles. The predicted molar refractivity (Wildman–Crippen MR) is 66.9 cm³/mol. The number of H-pyrrole nitrogens is 1. The van der Waals surface area contributed by atoms with E-state index in [1.54, 1.807) is 26.1 Å². The number of aromatic nitrogens is 1. The molecule has 4 heteroatoms. The number of amides is 1. The molecule has 90 valence electrons. The lowest BCUT2D eigenvalue weighted by atomic mass is 10.0. The maximum absolute atomic E-state index is 12.1. The maximum atomic E-state index is 12.1. The highest BCUT2D eigenvalue weighted by atomic mass is 16.3. The SMILES string of the molecule is CC(C)(CO)NC(=O)c1cccc2[nH]ccc12. The van der Waals surface area contributed by atoms with Crippen LogP contribution >= 0.6 is 0 Å². The second-order valence-electron chi connectivity index (χ2n) is 4.74. The molecule has 0 unspecified atom stereocenters. The van der Waals surface area contributed by atoms with Crippen molar-refractivity contribution in [1.29, 1.82) is 0 Å². The Kier molecular flexibility index (Phi) is 2.90. The zero-order valence-corrected chi connectivity index (χ0v) is 9.95. The van der Waals surface area contributed by atoms with Gasteiger partial charge in [0.2, 0.25) is 0 Å². The summed E-state index contributed by atoms with van der Waals surface area (Å²) in [5.74, 6) is -0.172. The molecule has 1 aromatic heterocycles. The smallest absolute Gasteiger partial charge is 0.252 e. The number of rotatable bonds is 3. The fourth-order valence-electron chi connectivity index (χ4n) is 1.70. The van der Waals surface area contributed by atoms with Gasteiger partial charge < -0.3 is 15.4 Å². The van der Waals surface area contributed by atoms with Crippen molar-refractivity contribution in [3.8, 4) is 0 Å². The van der Waals surface area contributed by atoms with E-state index in [1.165, 1.54) is 0 Å². The topological polar surface area (TPSA) is 65.1 Å². The van der Waals surface area contributed by atoms with Crippen LogP contribution in [0.1, 0.15) is 24.2 Å². The Morgan fingerprint density at radius 1 is 1.41 bits per heavy atom.